The number of aromatic nitrogens is 2. The van der Waals surface area contributed by atoms with Crippen LogP contribution in [0, 0.1) is 5.92 Å². The van der Waals surface area contributed by atoms with Gasteiger partial charge in [-0.25, -0.2) is 4.68 Å². The lowest BCUT2D eigenvalue weighted by Gasteiger charge is -2.15. The molecule has 0 bridgehead atoms. The molecule has 7 nitrogen and oxygen atoms in total. The maximum atomic E-state index is 12.3. The highest BCUT2D eigenvalue weighted by Gasteiger charge is 2.24. The number of hydrogen-bond acceptors (Lipinski definition) is 5. The lowest BCUT2D eigenvalue weighted by molar-refractivity contribution is -0.119. The summed E-state index contributed by atoms with van der Waals surface area (Å²) in [4.78, 5) is 12.3. The summed E-state index contributed by atoms with van der Waals surface area (Å²) in [6.45, 7) is 1.58. The van der Waals surface area contributed by atoms with Gasteiger partial charge in [-0.2, -0.15) is 5.10 Å². The van der Waals surface area contributed by atoms with Crippen molar-refractivity contribution < 1.29 is 19.0 Å². The number of carbonyl (C=O) groups is 1. The summed E-state index contributed by atoms with van der Waals surface area (Å²) in [5, 5.41) is 7.22. The maximum Gasteiger partial charge on any atom is 0.231 e. The second-order valence-corrected chi connectivity index (χ2v) is 5.58. The minimum Gasteiger partial charge on any atom is -0.493 e. The number of para-hydroxylation sites is 1. The average Bonchev–Trinajstić information content (AvgIpc) is 3.27. The van der Waals surface area contributed by atoms with Gasteiger partial charge in [-0.05, 0) is 12.5 Å². The van der Waals surface area contributed by atoms with Crippen LogP contribution in [0.5, 0.6) is 11.5 Å². The first-order valence-electron chi connectivity index (χ1n) is 7.83. The first kappa shape index (κ1) is 16.3. The van der Waals surface area contributed by atoms with Crippen LogP contribution >= 0.6 is 0 Å². The van der Waals surface area contributed by atoms with Crippen LogP contribution in [-0.2, 0) is 16.1 Å². The zero-order valence-corrected chi connectivity index (χ0v) is 13.8. The average molecular weight is 331 g/mol. The van der Waals surface area contributed by atoms with Crippen LogP contribution in [0.4, 0.5) is 5.82 Å². The van der Waals surface area contributed by atoms with Gasteiger partial charge in [0, 0.05) is 18.2 Å². The van der Waals surface area contributed by atoms with Crippen LogP contribution < -0.4 is 14.8 Å². The Hall–Kier alpha value is -2.54. The number of nitrogens with zero attached hydrogens (tertiary/aromatic N) is 2. The molecule has 0 radical (unpaired) electrons. The Morgan fingerprint density at radius 3 is 2.96 bits per heavy atom. The van der Waals surface area contributed by atoms with E-state index in [1.54, 1.807) is 31.2 Å². The molecule has 7 heteroatoms. The van der Waals surface area contributed by atoms with E-state index >= 15 is 0 Å². The summed E-state index contributed by atoms with van der Waals surface area (Å²) in [5.74, 6) is 1.84. The molecule has 1 fully saturated rings. The third-order valence-corrected chi connectivity index (χ3v) is 4.07. The molecule has 1 aromatic carbocycles. The minimum absolute atomic E-state index is 0.0353. The molecule has 1 amide bonds. The SMILES string of the molecule is COc1cccc(Cn2nccc2NC(=O)C2CCOC2)c1OC. The van der Waals surface area contributed by atoms with E-state index < -0.39 is 0 Å². The Morgan fingerprint density at radius 1 is 1.38 bits per heavy atom. The van der Waals surface area contributed by atoms with Gasteiger partial charge < -0.3 is 19.5 Å². The van der Waals surface area contributed by atoms with E-state index in [4.69, 9.17) is 14.2 Å². The molecule has 0 aliphatic carbocycles. The summed E-state index contributed by atoms with van der Waals surface area (Å²) in [5.41, 5.74) is 0.917. The molecule has 1 aliphatic heterocycles. The molecule has 24 heavy (non-hydrogen) atoms. The van der Waals surface area contributed by atoms with Gasteiger partial charge in [-0.15, -0.1) is 0 Å². The number of carbonyl (C=O) groups excluding carboxylic acids is 1. The molecule has 1 atom stereocenters. The first-order valence-corrected chi connectivity index (χ1v) is 7.83. The normalized spacial score (nSPS) is 16.8. The van der Waals surface area contributed by atoms with Crippen molar-refractivity contribution in [3.8, 4) is 11.5 Å². The number of hydrogen-bond donors (Lipinski definition) is 1. The zero-order chi connectivity index (χ0) is 16.9. The molecule has 1 saturated heterocycles. The zero-order valence-electron chi connectivity index (χ0n) is 13.8. The number of rotatable bonds is 6. The van der Waals surface area contributed by atoms with E-state index in [0.717, 1.165) is 12.0 Å². The highest BCUT2D eigenvalue weighted by Crippen LogP contribution is 2.31. The molecule has 1 N–H and O–H groups in total. The Kier molecular flexibility index (Phi) is 5.00. The largest absolute Gasteiger partial charge is 0.493 e. The Morgan fingerprint density at radius 2 is 2.25 bits per heavy atom. The van der Waals surface area contributed by atoms with E-state index in [1.165, 1.54) is 0 Å². The fourth-order valence-corrected chi connectivity index (χ4v) is 2.77. The van der Waals surface area contributed by atoms with Gasteiger partial charge >= 0.3 is 0 Å². The van der Waals surface area contributed by atoms with Gasteiger partial charge in [0.15, 0.2) is 11.5 Å². The number of nitrogens with one attached hydrogen (secondary N) is 1. The van der Waals surface area contributed by atoms with Crippen molar-refractivity contribution >= 4 is 11.7 Å². The van der Waals surface area contributed by atoms with E-state index in [1.807, 2.05) is 18.2 Å². The van der Waals surface area contributed by atoms with Gasteiger partial charge in [0.2, 0.25) is 5.91 Å². The number of ether oxygens (including phenoxy) is 3. The number of methoxy groups -OCH3 is 2. The van der Waals surface area contributed by atoms with Crippen molar-refractivity contribution in [2.75, 3.05) is 32.8 Å². The standard InChI is InChI=1S/C17H21N3O4/c1-22-14-5-3-4-12(16(14)23-2)10-20-15(6-8-18-20)19-17(21)13-7-9-24-11-13/h3-6,8,13H,7,9-11H2,1-2H3,(H,19,21). The quantitative estimate of drug-likeness (QED) is 0.875. The Labute approximate surface area is 140 Å². The smallest absolute Gasteiger partial charge is 0.231 e. The summed E-state index contributed by atoms with van der Waals surface area (Å²) >= 11 is 0. The maximum absolute atomic E-state index is 12.3. The topological polar surface area (TPSA) is 74.6 Å². The van der Waals surface area contributed by atoms with Gasteiger partial charge in [0.1, 0.15) is 5.82 Å². The molecule has 2 aromatic rings. The predicted molar refractivity (Wildman–Crippen MR) is 88.4 cm³/mol. The van der Waals surface area contributed by atoms with Gasteiger partial charge in [0.05, 0.1) is 39.5 Å². The fourth-order valence-electron chi connectivity index (χ4n) is 2.77. The molecule has 1 aliphatic rings. The second-order valence-electron chi connectivity index (χ2n) is 5.58. The molecule has 2 heterocycles. The van der Waals surface area contributed by atoms with E-state index in [2.05, 4.69) is 10.4 Å². The van der Waals surface area contributed by atoms with Crippen molar-refractivity contribution in [2.24, 2.45) is 5.92 Å². The lowest BCUT2D eigenvalue weighted by atomic mass is 10.1. The Bertz CT molecular complexity index is 708. The van der Waals surface area contributed by atoms with Crippen LogP contribution in [-0.4, -0.2) is 43.1 Å². The van der Waals surface area contributed by atoms with Crippen molar-refractivity contribution in [3.05, 3.63) is 36.0 Å². The number of benzene rings is 1. The minimum atomic E-state index is -0.0975. The highest BCUT2D eigenvalue weighted by molar-refractivity contribution is 5.92. The molecule has 3 rings (SSSR count). The third kappa shape index (κ3) is 3.35. The monoisotopic (exact) mass is 331 g/mol. The van der Waals surface area contributed by atoms with Gasteiger partial charge in [-0.3, -0.25) is 4.79 Å². The summed E-state index contributed by atoms with van der Waals surface area (Å²) < 4.78 is 17.8. The summed E-state index contributed by atoms with van der Waals surface area (Å²) in [6, 6.07) is 7.46. The fraction of sp³-hybridized carbons (Fsp3) is 0.412. The van der Waals surface area contributed by atoms with E-state index in [-0.39, 0.29) is 11.8 Å². The Balaban J connectivity index is 1.77. The highest BCUT2D eigenvalue weighted by atomic mass is 16.5. The van der Waals surface area contributed by atoms with Gasteiger partial charge in [-0.1, -0.05) is 12.1 Å². The van der Waals surface area contributed by atoms with E-state index in [0.29, 0.717) is 37.1 Å². The van der Waals surface area contributed by atoms with Crippen LogP contribution in [0.25, 0.3) is 0 Å². The molecular weight excluding hydrogens is 310 g/mol. The van der Waals surface area contributed by atoms with Crippen molar-refractivity contribution in [3.63, 3.8) is 0 Å². The molecule has 1 unspecified atom stereocenters. The van der Waals surface area contributed by atoms with Crippen molar-refractivity contribution in [2.45, 2.75) is 13.0 Å². The number of amides is 1. The van der Waals surface area contributed by atoms with E-state index in [9.17, 15) is 4.79 Å². The van der Waals surface area contributed by atoms with Crippen molar-refractivity contribution in [1.82, 2.24) is 9.78 Å². The van der Waals surface area contributed by atoms with Crippen LogP contribution in [0.2, 0.25) is 0 Å². The van der Waals surface area contributed by atoms with Crippen molar-refractivity contribution in [1.29, 1.82) is 0 Å². The van der Waals surface area contributed by atoms with Gasteiger partial charge in [0.25, 0.3) is 0 Å². The van der Waals surface area contributed by atoms with Crippen LogP contribution in [0.15, 0.2) is 30.5 Å². The second kappa shape index (κ2) is 7.35. The third-order valence-electron chi connectivity index (χ3n) is 4.07. The van der Waals surface area contributed by atoms with Crippen LogP contribution in [0.1, 0.15) is 12.0 Å². The molecular formula is C17H21N3O4. The lowest BCUT2D eigenvalue weighted by Crippen LogP contribution is -2.24. The predicted octanol–water partition coefficient (Wildman–Crippen LogP) is 1.92. The van der Waals surface area contributed by atoms with Crippen LogP contribution in [0.3, 0.4) is 0 Å². The molecule has 1 aromatic heterocycles. The molecule has 0 saturated carbocycles. The molecule has 128 valence electrons. The number of anilines is 1. The molecule has 0 spiro atoms. The summed E-state index contributed by atoms with van der Waals surface area (Å²) in [7, 11) is 3.21. The first-order chi connectivity index (χ1) is 11.7. The summed E-state index contributed by atoms with van der Waals surface area (Å²) in [6.07, 6.45) is 2.41.